The van der Waals surface area contributed by atoms with E-state index in [1.807, 2.05) is 6.92 Å². The van der Waals surface area contributed by atoms with Crippen molar-refractivity contribution in [2.24, 2.45) is 5.73 Å². The zero-order valence-electron chi connectivity index (χ0n) is 8.11. The van der Waals surface area contributed by atoms with Crippen molar-refractivity contribution in [3.8, 4) is 0 Å². The first-order chi connectivity index (χ1) is 6.59. The first-order valence-corrected chi connectivity index (χ1v) is 5.13. The Morgan fingerprint density at radius 1 is 1.50 bits per heavy atom. The minimum atomic E-state index is -0.347. The lowest BCUT2D eigenvalue weighted by molar-refractivity contribution is 0.621. The highest BCUT2D eigenvalue weighted by atomic mass is 35.5. The Bertz CT molecular complexity index is 372. The van der Waals surface area contributed by atoms with Gasteiger partial charge in [-0.3, -0.25) is 0 Å². The number of benzene rings is 1. The van der Waals surface area contributed by atoms with Crippen molar-refractivity contribution in [3.63, 3.8) is 0 Å². The van der Waals surface area contributed by atoms with Gasteiger partial charge in [-0.2, -0.15) is 0 Å². The third-order valence-corrected chi connectivity index (χ3v) is 3.37. The van der Waals surface area contributed by atoms with E-state index in [0.717, 1.165) is 24.0 Å². The second kappa shape index (κ2) is 3.21. The number of rotatable bonds is 2. The molecular weight excluding hydrogens is 201 g/mol. The molecule has 0 amide bonds. The van der Waals surface area contributed by atoms with Crippen LogP contribution in [0.4, 0.5) is 4.39 Å². The highest BCUT2D eigenvalue weighted by Crippen LogP contribution is 2.49. The topological polar surface area (TPSA) is 26.0 Å². The summed E-state index contributed by atoms with van der Waals surface area (Å²) >= 11 is 5.76. The average Bonchev–Trinajstić information content (AvgIpc) is 2.92. The number of hydrogen-bond donors (Lipinski definition) is 1. The molecule has 1 aromatic carbocycles. The molecule has 0 atom stereocenters. The molecule has 0 bridgehead atoms. The van der Waals surface area contributed by atoms with Crippen molar-refractivity contribution in [1.82, 2.24) is 0 Å². The summed E-state index contributed by atoms with van der Waals surface area (Å²) in [5, 5.41) is 0.199. The van der Waals surface area contributed by atoms with Gasteiger partial charge in [0.05, 0.1) is 5.02 Å². The van der Waals surface area contributed by atoms with E-state index in [1.54, 1.807) is 6.07 Å². The molecule has 2 rings (SSSR count). The van der Waals surface area contributed by atoms with Gasteiger partial charge in [0.15, 0.2) is 0 Å². The molecule has 1 nitrogen and oxygen atoms in total. The molecule has 0 unspecified atom stereocenters. The normalized spacial score (nSPS) is 18.3. The molecule has 1 fully saturated rings. The van der Waals surface area contributed by atoms with Gasteiger partial charge in [0.2, 0.25) is 0 Å². The van der Waals surface area contributed by atoms with Crippen molar-refractivity contribution in [2.75, 3.05) is 6.54 Å². The molecule has 14 heavy (non-hydrogen) atoms. The van der Waals surface area contributed by atoms with E-state index in [4.69, 9.17) is 17.3 Å². The van der Waals surface area contributed by atoms with E-state index in [-0.39, 0.29) is 16.3 Å². The second-order valence-corrected chi connectivity index (χ2v) is 4.47. The third kappa shape index (κ3) is 1.43. The Hall–Kier alpha value is -0.600. The molecule has 0 radical (unpaired) electrons. The Balaban J connectivity index is 2.49. The van der Waals surface area contributed by atoms with Crippen LogP contribution in [0.15, 0.2) is 12.1 Å². The Morgan fingerprint density at radius 2 is 2.14 bits per heavy atom. The minimum Gasteiger partial charge on any atom is -0.330 e. The lowest BCUT2D eigenvalue weighted by atomic mass is 9.92. The summed E-state index contributed by atoms with van der Waals surface area (Å²) in [5.41, 5.74) is 7.88. The van der Waals surface area contributed by atoms with Crippen molar-refractivity contribution in [1.29, 1.82) is 0 Å². The predicted molar refractivity (Wildman–Crippen MR) is 56.1 cm³/mol. The summed E-state index contributed by atoms with van der Waals surface area (Å²) in [7, 11) is 0. The first-order valence-electron chi connectivity index (χ1n) is 4.75. The van der Waals surface area contributed by atoms with E-state index >= 15 is 0 Å². The summed E-state index contributed by atoms with van der Waals surface area (Å²) in [5.74, 6) is -0.347. The molecule has 1 saturated carbocycles. The van der Waals surface area contributed by atoms with Crippen LogP contribution in [0.2, 0.25) is 5.02 Å². The van der Waals surface area contributed by atoms with E-state index in [2.05, 4.69) is 0 Å². The summed E-state index contributed by atoms with van der Waals surface area (Å²) in [6, 6.07) is 3.22. The molecule has 1 aromatic rings. The quantitative estimate of drug-likeness (QED) is 0.804. The molecule has 0 aliphatic heterocycles. The maximum atomic E-state index is 13.1. The summed E-state index contributed by atoms with van der Waals surface area (Å²) in [4.78, 5) is 0. The molecular formula is C11H13ClFN. The number of hydrogen-bond acceptors (Lipinski definition) is 1. The van der Waals surface area contributed by atoms with Gasteiger partial charge in [-0.15, -0.1) is 0 Å². The fraction of sp³-hybridized carbons (Fsp3) is 0.455. The molecule has 1 aliphatic carbocycles. The van der Waals surface area contributed by atoms with Gasteiger partial charge < -0.3 is 5.73 Å². The van der Waals surface area contributed by atoms with Crippen LogP contribution in [0.25, 0.3) is 0 Å². The molecule has 0 spiro atoms. The van der Waals surface area contributed by atoms with Gasteiger partial charge in [0.25, 0.3) is 0 Å². The van der Waals surface area contributed by atoms with Crippen LogP contribution < -0.4 is 5.73 Å². The second-order valence-electron chi connectivity index (χ2n) is 4.07. The molecule has 0 saturated heterocycles. The number of halogens is 2. The molecule has 0 heterocycles. The Kier molecular flexibility index (Phi) is 2.28. The van der Waals surface area contributed by atoms with Crippen LogP contribution in [-0.2, 0) is 5.41 Å². The van der Waals surface area contributed by atoms with Crippen molar-refractivity contribution >= 4 is 11.6 Å². The van der Waals surface area contributed by atoms with E-state index < -0.39 is 0 Å². The first kappa shape index (κ1) is 9.94. The maximum Gasteiger partial charge on any atom is 0.142 e. The Labute approximate surface area is 88.1 Å². The Morgan fingerprint density at radius 3 is 2.64 bits per heavy atom. The van der Waals surface area contributed by atoms with Crippen LogP contribution in [0.5, 0.6) is 0 Å². The molecule has 0 aromatic heterocycles. The fourth-order valence-corrected chi connectivity index (χ4v) is 2.12. The van der Waals surface area contributed by atoms with E-state index in [0.29, 0.717) is 6.54 Å². The van der Waals surface area contributed by atoms with Crippen LogP contribution >= 0.6 is 11.6 Å². The van der Waals surface area contributed by atoms with Crippen LogP contribution in [0.3, 0.4) is 0 Å². The van der Waals surface area contributed by atoms with Gasteiger partial charge in [0, 0.05) is 12.0 Å². The lowest BCUT2D eigenvalue weighted by Crippen LogP contribution is -2.20. The van der Waals surface area contributed by atoms with Crippen LogP contribution in [0.1, 0.15) is 24.0 Å². The lowest BCUT2D eigenvalue weighted by Gasteiger charge is -2.16. The van der Waals surface area contributed by atoms with Gasteiger partial charge in [-0.05, 0) is 43.0 Å². The van der Waals surface area contributed by atoms with Crippen molar-refractivity contribution in [3.05, 3.63) is 34.1 Å². The monoisotopic (exact) mass is 213 g/mol. The van der Waals surface area contributed by atoms with Gasteiger partial charge in [-0.25, -0.2) is 4.39 Å². The molecule has 1 aliphatic rings. The highest BCUT2D eigenvalue weighted by molar-refractivity contribution is 6.30. The summed E-state index contributed by atoms with van der Waals surface area (Å²) < 4.78 is 13.1. The zero-order valence-corrected chi connectivity index (χ0v) is 8.87. The van der Waals surface area contributed by atoms with Crippen LogP contribution in [-0.4, -0.2) is 6.54 Å². The van der Waals surface area contributed by atoms with E-state index in [1.165, 1.54) is 6.07 Å². The van der Waals surface area contributed by atoms with Gasteiger partial charge in [0.1, 0.15) is 5.82 Å². The highest BCUT2D eigenvalue weighted by Gasteiger charge is 2.43. The SMILES string of the molecule is Cc1cc(F)c(Cl)cc1C1(CN)CC1. The van der Waals surface area contributed by atoms with Crippen LogP contribution in [0, 0.1) is 12.7 Å². The minimum absolute atomic E-state index is 0.0847. The van der Waals surface area contributed by atoms with Crippen molar-refractivity contribution < 1.29 is 4.39 Å². The molecule has 3 heteroatoms. The summed E-state index contributed by atoms with van der Waals surface area (Å²) in [6.45, 7) is 2.53. The standard InChI is InChI=1S/C11H13ClFN/c1-7-4-10(13)9(12)5-8(7)11(6-14)2-3-11/h4-5H,2-3,6,14H2,1H3. The maximum absolute atomic E-state index is 13.1. The number of aryl methyl sites for hydroxylation is 1. The summed E-state index contributed by atoms with van der Waals surface area (Å²) in [6.07, 6.45) is 2.18. The zero-order chi connectivity index (χ0) is 10.3. The molecule has 2 N–H and O–H groups in total. The smallest absolute Gasteiger partial charge is 0.142 e. The molecule has 76 valence electrons. The predicted octanol–water partition coefficient (Wildman–Crippen LogP) is 2.78. The van der Waals surface area contributed by atoms with Gasteiger partial charge >= 0.3 is 0 Å². The van der Waals surface area contributed by atoms with Gasteiger partial charge in [-0.1, -0.05) is 11.6 Å². The average molecular weight is 214 g/mol. The third-order valence-electron chi connectivity index (χ3n) is 3.08. The van der Waals surface area contributed by atoms with Crippen molar-refractivity contribution in [2.45, 2.75) is 25.2 Å². The number of nitrogens with two attached hydrogens (primary N) is 1. The largest absolute Gasteiger partial charge is 0.330 e. The van der Waals surface area contributed by atoms with E-state index in [9.17, 15) is 4.39 Å². The fourth-order valence-electron chi connectivity index (χ4n) is 1.95.